The Morgan fingerprint density at radius 1 is 1.03 bits per heavy atom. The van der Waals surface area contributed by atoms with Crippen LogP contribution in [0, 0.1) is 6.92 Å². The highest BCUT2D eigenvalue weighted by Gasteiger charge is 2.16. The number of anilines is 1. The predicted molar refractivity (Wildman–Crippen MR) is 121 cm³/mol. The molecule has 2 N–H and O–H groups in total. The number of benzene rings is 1. The number of nitrogens with zero attached hydrogens (tertiary/aromatic N) is 2. The summed E-state index contributed by atoms with van der Waals surface area (Å²) < 4.78 is 21.3. The van der Waals surface area contributed by atoms with Gasteiger partial charge < -0.3 is 28.7 Å². The van der Waals surface area contributed by atoms with Crippen molar-refractivity contribution in [1.29, 1.82) is 0 Å². The van der Waals surface area contributed by atoms with E-state index in [-0.39, 0.29) is 29.8 Å². The Morgan fingerprint density at radius 2 is 1.82 bits per heavy atom. The highest BCUT2D eigenvalue weighted by molar-refractivity contribution is 6.02. The van der Waals surface area contributed by atoms with E-state index in [1.54, 1.807) is 56.5 Å². The van der Waals surface area contributed by atoms with Gasteiger partial charge in [-0.1, -0.05) is 12.1 Å². The number of ether oxygens (including phenoxy) is 1. The third-order valence-corrected chi connectivity index (χ3v) is 5.01. The minimum absolute atomic E-state index is 0.185. The standard InChI is InChI=1S/C24H24N4O6/c1-4-17-11-19(28-34-17)22(29)25-12-20-14(2)32-24(27-20)15-5-7-16(8-6-15)26-23(30)21-10-9-18(33-21)13-31-3/h5-11H,4,12-13H2,1-3H3,(H,25,29)(H,26,30). The number of hydrogen-bond acceptors (Lipinski definition) is 8. The molecule has 0 spiro atoms. The number of furan rings is 1. The number of amides is 2. The fraction of sp³-hybridized carbons (Fsp3) is 0.250. The number of carbonyl (C=O) groups is 2. The molecule has 3 aromatic heterocycles. The molecule has 4 aromatic rings. The smallest absolute Gasteiger partial charge is 0.291 e. The quantitative estimate of drug-likeness (QED) is 0.378. The molecule has 34 heavy (non-hydrogen) atoms. The Morgan fingerprint density at radius 3 is 2.53 bits per heavy atom. The summed E-state index contributed by atoms with van der Waals surface area (Å²) in [4.78, 5) is 29.1. The molecule has 0 fully saturated rings. The van der Waals surface area contributed by atoms with Crippen LogP contribution in [0.3, 0.4) is 0 Å². The third-order valence-electron chi connectivity index (χ3n) is 5.01. The van der Waals surface area contributed by atoms with Crippen LogP contribution in [-0.4, -0.2) is 29.1 Å². The van der Waals surface area contributed by atoms with Crippen molar-refractivity contribution in [2.75, 3.05) is 12.4 Å². The van der Waals surface area contributed by atoms with Gasteiger partial charge >= 0.3 is 0 Å². The Labute approximate surface area is 195 Å². The van der Waals surface area contributed by atoms with Gasteiger partial charge in [0.25, 0.3) is 11.8 Å². The fourth-order valence-electron chi connectivity index (χ4n) is 3.17. The molecule has 0 aliphatic carbocycles. The van der Waals surface area contributed by atoms with E-state index in [9.17, 15) is 9.59 Å². The second-order valence-corrected chi connectivity index (χ2v) is 7.47. The van der Waals surface area contributed by atoms with Gasteiger partial charge in [-0.15, -0.1) is 0 Å². The van der Waals surface area contributed by atoms with Gasteiger partial charge in [-0.3, -0.25) is 9.59 Å². The lowest BCUT2D eigenvalue weighted by Gasteiger charge is -2.04. The number of carbonyl (C=O) groups excluding carboxylic acids is 2. The maximum atomic E-state index is 12.4. The number of rotatable bonds is 9. The van der Waals surface area contributed by atoms with Crippen LogP contribution < -0.4 is 10.6 Å². The molecular formula is C24H24N4O6. The highest BCUT2D eigenvalue weighted by Crippen LogP contribution is 2.24. The van der Waals surface area contributed by atoms with Crippen LogP contribution in [-0.2, 0) is 24.3 Å². The van der Waals surface area contributed by atoms with Gasteiger partial charge in [0.2, 0.25) is 5.89 Å². The number of oxazole rings is 1. The maximum absolute atomic E-state index is 12.4. The van der Waals surface area contributed by atoms with Gasteiger partial charge in [0.05, 0.1) is 6.54 Å². The summed E-state index contributed by atoms with van der Waals surface area (Å²) in [5, 5.41) is 9.30. The monoisotopic (exact) mass is 464 g/mol. The average molecular weight is 464 g/mol. The first-order valence-corrected chi connectivity index (χ1v) is 10.7. The van der Waals surface area contributed by atoms with Crippen molar-refractivity contribution in [3.8, 4) is 11.5 Å². The lowest BCUT2D eigenvalue weighted by atomic mass is 10.2. The molecule has 0 aliphatic rings. The minimum Gasteiger partial charge on any atom is -0.453 e. The van der Waals surface area contributed by atoms with E-state index in [0.717, 1.165) is 5.56 Å². The van der Waals surface area contributed by atoms with Gasteiger partial charge in [-0.2, -0.15) is 0 Å². The Hall–Kier alpha value is -4.18. The lowest BCUT2D eigenvalue weighted by molar-refractivity contribution is 0.0940. The van der Waals surface area contributed by atoms with E-state index >= 15 is 0 Å². The van der Waals surface area contributed by atoms with E-state index in [2.05, 4.69) is 20.8 Å². The summed E-state index contributed by atoms with van der Waals surface area (Å²) in [6.07, 6.45) is 0.659. The molecule has 176 valence electrons. The van der Waals surface area contributed by atoms with Crippen molar-refractivity contribution < 1.29 is 27.7 Å². The highest BCUT2D eigenvalue weighted by atomic mass is 16.5. The van der Waals surface area contributed by atoms with Crippen LogP contribution >= 0.6 is 0 Å². The van der Waals surface area contributed by atoms with Gasteiger partial charge in [-0.05, 0) is 43.3 Å². The molecule has 10 nitrogen and oxygen atoms in total. The van der Waals surface area contributed by atoms with Crippen LogP contribution in [0.25, 0.3) is 11.5 Å². The van der Waals surface area contributed by atoms with E-state index in [1.807, 2.05) is 6.92 Å². The summed E-state index contributed by atoms with van der Waals surface area (Å²) in [7, 11) is 1.55. The SMILES string of the molecule is CCc1cc(C(=O)NCc2nc(-c3ccc(NC(=O)c4ccc(COC)o4)cc3)oc2C)no1. The van der Waals surface area contributed by atoms with Crippen molar-refractivity contribution in [2.24, 2.45) is 0 Å². The molecular weight excluding hydrogens is 440 g/mol. The lowest BCUT2D eigenvalue weighted by Crippen LogP contribution is -2.23. The van der Waals surface area contributed by atoms with E-state index in [0.29, 0.717) is 47.6 Å². The van der Waals surface area contributed by atoms with Crippen LogP contribution in [0.5, 0.6) is 0 Å². The zero-order chi connectivity index (χ0) is 24.1. The van der Waals surface area contributed by atoms with E-state index in [1.165, 1.54) is 0 Å². The largest absolute Gasteiger partial charge is 0.453 e. The molecule has 3 heterocycles. The molecule has 0 saturated heterocycles. The summed E-state index contributed by atoms with van der Waals surface area (Å²) in [5.74, 6) is 1.70. The third kappa shape index (κ3) is 5.24. The van der Waals surface area contributed by atoms with Crippen LogP contribution in [0.2, 0.25) is 0 Å². The first-order chi connectivity index (χ1) is 16.5. The fourth-order valence-corrected chi connectivity index (χ4v) is 3.17. The number of nitrogens with one attached hydrogen (secondary N) is 2. The van der Waals surface area contributed by atoms with Gasteiger partial charge in [-0.25, -0.2) is 4.98 Å². The molecule has 0 atom stereocenters. The summed E-state index contributed by atoms with van der Waals surface area (Å²) >= 11 is 0. The van der Waals surface area contributed by atoms with Crippen LogP contribution in [0.1, 0.15) is 50.9 Å². The number of methoxy groups -OCH3 is 1. The number of aryl methyl sites for hydroxylation is 2. The van der Waals surface area contributed by atoms with E-state index < -0.39 is 0 Å². The Kier molecular flexibility index (Phi) is 6.88. The number of hydrogen-bond donors (Lipinski definition) is 2. The van der Waals surface area contributed by atoms with Crippen molar-refractivity contribution in [1.82, 2.24) is 15.5 Å². The van der Waals surface area contributed by atoms with Crippen LogP contribution in [0.4, 0.5) is 5.69 Å². The van der Waals surface area contributed by atoms with Gasteiger partial charge in [0.1, 0.15) is 29.6 Å². The summed E-state index contributed by atoms with van der Waals surface area (Å²) in [6.45, 7) is 4.17. The molecule has 0 bridgehead atoms. The zero-order valence-corrected chi connectivity index (χ0v) is 19.0. The summed E-state index contributed by atoms with van der Waals surface area (Å²) in [5.41, 5.74) is 2.14. The first kappa shape index (κ1) is 23.0. The zero-order valence-electron chi connectivity index (χ0n) is 19.0. The van der Waals surface area contributed by atoms with Crippen molar-refractivity contribution >= 4 is 17.5 Å². The normalized spacial score (nSPS) is 10.9. The molecule has 10 heteroatoms. The van der Waals surface area contributed by atoms with Crippen molar-refractivity contribution in [3.05, 3.63) is 76.9 Å². The van der Waals surface area contributed by atoms with Crippen molar-refractivity contribution in [3.63, 3.8) is 0 Å². The predicted octanol–water partition coefficient (Wildman–Crippen LogP) is 4.12. The summed E-state index contributed by atoms with van der Waals surface area (Å²) in [6, 6.07) is 11.9. The van der Waals surface area contributed by atoms with E-state index in [4.69, 9.17) is 18.1 Å². The maximum Gasteiger partial charge on any atom is 0.291 e. The molecule has 2 amide bonds. The topological polar surface area (TPSA) is 133 Å². The minimum atomic E-state index is -0.363. The molecule has 0 radical (unpaired) electrons. The second kappa shape index (κ2) is 10.2. The molecule has 1 aromatic carbocycles. The molecule has 4 rings (SSSR count). The van der Waals surface area contributed by atoms with Gasteiger partial charge in [0.15, 0.2) is 11.5 Å². The first-order valence-electron chi connectivity index (χ1n) is 10.7. The van der Waals surface area contributed by atoms with Crippen molar-refractivity contribution in [2.45, 2.75) is 33.4 Å². The van der Waals surface area contributed by atoms with Gasteiger partial charge in [0, 0.05) is 30.8 Å². The molecule has 0 unspecified atom stereocenters. The van der Waals surface area contributed by atoms with Crippen LogP contribution in [0.15, 0.2) is 55.8 Å². The Bertz CT molecular complexity index is 1290. The molecule has 0 saturated carbocycles. The Balaban J connectivity index is 1.37. The molecule has 0 aliphatic heterocycles. The number of aromatic nitrogens is 2. The second-order valence-electron chi connectivity index (χ2n) is 7.47. The average Bonchev–Trinajstić information content (AvgIpc) is 3.58.